The van der Waals surface area contributed by atoms with E-state index in [1.807, 2.05) is 37.3 Å². The highest BCUT2D eigenvalue weighted by molar-refractivity contribution is 5.80. The molecule has 6 heteroatoms. The van der Waals surface area contributed by atoms with E-state index < -0.39 is 12.0 Å². The second-order valence-corrected chi connectivity index (χ2v) is 6.28. The molecule has 128 valence electrons. The first kappa shape index (κ1) is 16.5. The second-order valence-electron chi connectivity index (χ2n) is 6.28. The lowest BCUT2D eigenvalue weighted by Gasteiger charge is -2.20. The number of hydrogen-bond acceptors (Lipinski definition) is 5. The predicted molar refractivity (Wildman–Crippen MR) is 87.6 cm³/mol. The van der Waals surface area contributed by atoms with E-state index in [1.54, 1.807) is 7.05 Å². The average Bonchev–Trinajstić information content (AvgIpc) is 3.33. The van der Waals surface area contributed by atoms with Gasteiger partial charge in [-0.2, -0.15) is 0 Å². The van der Waals surface area contributed by atoms with Crippen LogP contribution in [-0.2, 0) is 11.3 Å². The number of nitrogens with zero attached hydrogens (tertiary/aromatic N) is 2. The lowest BCUT2D eigenvalue weighted by atomic mass is 10.2. The topological polar surface area (TPSA) is 75.8 Å². The molecule has 0 bridgehead atoms. The highest BCUT2D eigenvalue weighted by Gasteiger charge is 2.28. The van der Waals surface area contributed by atoms with Crippen LogP contribution in [0.4, 0.5) is 0 Å². The van der Waals surface area contributed by atoms with Gasteiger partial charge in [0.15, 0.2) is 6.10 Å². The van der Waals surface area contributed by atoms with Gasteiger partial charge in [0.25, 0.3) is 5.91 Å². The third-order valence-electron chi connectivity index (χ3n) is 4.11. The Morgan fingerprint density at radius 1 is 1.46 bits per heavy atom. The molecule has 24 heavy (non-hydrogen) atoms. The van der Waals surface area contributed by atoms with Crippen molar-refractivity contribution in [2.75, 3.05) is 13.7 Å². The van der Waals surface area contributed by atoms with Crippen molar-refractivity contribution in [3.63, 3.8) is 0 Å². The van der Waals surface area contributed by atoms with Gasteiger partial charge < -0.3 is 19.3 Å². The summed E-state index contributed by atoms with van der Waals surface area (Å²) in [6, 6.07) is 9.37. The highest BCUT2D eigenvalue weighted by Crippen LogP contribution is 2.40. The molecule has 1 fully saturated rings. The van der Waals surface area contributed by atoms with Gasteiger partial charge in [-0.05, 0) is 31.4 Å². The molecule has 0 radical (unpaired) electrons. The van der Waals surface area contributed by atoms with Gasteiger partial charge in [-0.3, -0.25) is 4.79 Å². The Kier molecular flexibility index (Phi) is 4.85. The number of carbonyl (C=O) groups excluding carboxylic acids is 1. The Labute approximate surface area is 141 Å². The number of amides is 1. The number of carbonyl (C=O) groups is 1. The van der Waals surface area contributed by atoms with Gasteiger partial charge in [-0.15, -0.1) is 0 Å². The van der Waals surface area contributed by atoms with Gasteiger partial charge in [-0.1, -0.05) is 23.4 Å². The summed E-state index contributed by atoms with van der Waals surface area (Å²) in [4.78, 5) is 13.7. The van der Waals surface area contributed by atoms with Crippen LogP contribution < -0.4 is 4.74 Å². The molecule has 0 unspecified atom stereocenters. The first-order valence-corrected chi connectivity index (χ1v) is 8.11. The van der Waals surface area contributed by atoms with Gasteiger partial charge in [0.05, 0.1) is 6.54 Å². The third kappa shape index (κ3) is 3.94. The highest BCUT2D eigenvalue weighted by atomic mass is 16.5. The van der Waals surface area contributed by atoms with Crippen molar-refractivity contribution >= 4 is 5.91 Å². The van der Waals surface area contributed by atoms with Crippen molar-refractivity contribution in [2.45, 2.75) is 38.3 Å². The predicted octanol–water partition coefficient (Wildman–Crippen LogP) is 2.26. The molecule has 1 atom stereocenters. The van der Waals surface area contributed by atoms with Gasteiger partial charge in [-0.25, -0.2) is 0 Å². The second kappa shape index (κ2) is 7.05. The maximum absolute atomic E-state index is 12.2. The zero-order valence-electron chi connectivity index (χ0n) is 13.9. The smallest absolute Gasteiger partial charge is 0.255 e. The number of benzene rings is 1. The molecule has 1 saturated carbocycles. The zero-order valence-corrected chi connectivity index (χ0v) is 13.9. The van der Waals surface area contributed by atoms with Crippen LogP contribution in [0.2, 0.25) is 0 Å². The summed E-state index contributed by atoms with van der Waals surface area (Å²) in [6.45, 7) is 2.13. The molecule has 0 saturated heterocycles. The Morgan fingerprint density at radius 3 is 2.92 bits per heavy atom. The number of aliphatic hydroxyl groups excluding tert-OH is 1. The molecule has 1 aromatic carbocycles. The number of likely N-dealkylation sites (N-methyl/N-ethyl adjacent to an activating group) is 1. The molecule has 1 amide bonds. The lowest BCUT2D eigenvalue weighted by molar-refractivity contribution is -0.140. The molecular weight excluding hydrogens is 308 g/mol. The summed E-state index contributed by atoms with van der Waals surface area (Å²) in [5.41, 5.74) is 1.65. The van der Waals surface area contributed by atoms with E-state index in [1.165, 1.54) is 4.90 Å². The van der Waals surface area contributed by atoms with Crippen LogP contribution in [0, 0.1) is 6.92 Å². The summed E-state index contributed by atoms with van der Waals surface area (Å²) >= 11 is 0. The number of aromatic nitrogens is 1. The third-order valence-corrected chi connectivity index (χ3v) is 4.11. The van der Waals surface area contributed by atoms with Crippen LogP contribution in [0.5, 0.6) is 5.75 Å². The van der Waals surface area contributed by atoms with Crippen LogP contribution in [0.15, 0.2) is 34.9 Å². The summed E-state index contributed by atoms with van der Waals surface area (Å²) in [5, 5.41) is 14.0. The summed E-state index contributed by atoms with van der Waals surface area (Å²) in [5.74, 6) is 1.63. The number of hydrogen-bond donors (Lipinski definition) is 1. The standard InChI is InChI=1S/C18H22N2O4/c1-12-5-3-4-6-16(12)23-11-15(21)18(22)20(2)10-14-9-17(24-19-14)13-7-8-13/h3-6,9,13,15,21H,7-8,10-11H2,1-2H3/t15-/m0/s1. The molecule has 1 aromatic heterocycles. The summed E-state index contributed by atoms with van der Waals surface area (Å²) in [7, 11) is 1.63. The van der Waals surface area contributed by atoms with Crippen molar-refractivity contribution in [1.82, 2.24) is 10.1 Å². The van der Waals surface area contributed by atoms with Crippen LogP contribution in [0.25, 0.3) is 0 Å². The fourth-order valence-electron chi connectivity index (χ4n) is 2.50. The summed E-state index contributed by atoms with van der Waals surface area (Å²) < 4.78 is 10.8. The Hall–Kier alpha value is -2.34. The quantitative estimate of drug-likeness (QED) is 0.843. The largest absolute Gasteiger partial charge is 0.490 e. The SMILES string of the molecule is Cc1ccccc1OC[C@H](O)C(=O)N(C)Cc1cc(C2CC2)on1. The van der Waals surface area contributed by atoms with E-state index >= 15 is 0 Å². The average molecular weight is 330 g/mol. The fraction of sp³-hybridized carbons (Fsp3) is 0.444. The number of aliphatic hydroxyl groups is 1. The Balaban J connectivity index is 1.51. The normalized spacial score (nSPS) is 15.1. The minimum Gasteiger partial charge on any atom is -0.490 e. The fourth-order valence-corrected chi connectivity index (χ4v) is 2.50. The molecule has 0 spiro atoms. The Morgan fingerprint density at radius 2 is 2.21 bits per heavy atom. The van der Waals surface area contributed by atoms with Gasteiger partial charge in [0, 0.05) is 19.0 Å². The lowest BCUT2D eigenvalue weighted by Crippen LogP contribution is -2.39. The van der Waals surface area contributed by atoms with Crippen molar-refractivity contribution < 1.29 is 19.2 Å². The number of ether oxygens (including phenoxy) is 1. The molecule has 3 rings (SSSR count). The number of rotatable bonds is 7. The number of para-hydroxylation sites is 1. The Bertz CT molecular complexity index is 709. The molecule has 2 aromatic rings. The first-order chi connectivity index (χ1) is 11.5. The van der Waals surface area contributed by atoms with Crippen LogP contribution >= 0.6 is 0 Å². The van der Waals surface area contributed by atoms with Crippen molar-refractivity contribution in [3.05, 3.63) is 47.3 Å². The molecular formula is C18H22N2O4. The molecule has 1 heterocycles. The minimum atomic E-state index is -1.22. The number of aryl methyl sites for hydroxylation is 1. The van der Waals surface area contributed by atoms with Crippen LogP contribution in [-0.4, -0.2) is 40.8 Å². The molecule has 1 aliphatic rings. The first-order valence-electron chi connectivity index (χ1n) is 8.11. The molecule has 6 nitrogen and oxygen atoms in total. The molecule has 0 aliphatic heterocycles. The summed E-state index contributed by atoms with van der Waals surface area (Å²) in [6.07, 6.45) is 1.06. The minimum absolute atomic E-state index is 0.0832. The van der Waals surface area contributed by atoms with Crippen molar-refractivity contribution in [3.8, 4) is 5.75 Å². The van der Waals surface area contributed by atoms with E-state index in [0.717, 1.165) is 24.2 Å². The van der Waals surface area contributed by atoms with E-state index in [0.29, 0.717) is 23.9 Å². The van der Waals surface area contributed by atoms with Gasteiger partial charge in [0.2, 0.25) is 0 Å². The van der Waals surface area contributed by atoms with E-state index in [9.17, 15) is 9.90 Å². The maximum Gasteiger partial charge on any atom is 0.255 e. The zero-order chi connectivity index (χ0) is 17.1. The van der Waals surface area contributed by atoms with Crippen LogP contribution in [0.1, 0.15) is 35.8 Å². The van der Waals surface area contributed by atoms with Gasteiger partial charge >= 0.3 is 0 Å². The monoisotopic (exact) mass is 330 g/mol. The maximum atomic E-state index is 12.2. The van der Waals surface area contributed by atoms with Crippen LogP contribution in [0.3, 0.4) is 0 Å². The van der Waals surface area contributed by atoms with Crippen molar-refractivity contribution in [2.24, 2.45) is 0 Å². The molecule has 1 N–H and O–H groups in total. The van der Waals surface area contributed by atoms with E-state index in [2.05, 4.69) is 5.16 Å². The van der Waals surface area contributed by atoms with Gasteiger partial charge in [0.1, 0.15) is 23.8 Å². The van der Waals surface area contributed by atoms with Crippen molar-refractivity contribution in [1.29, 1.82) is 0 Å². The molecule has 1 aliphatic carbocycles. The van der Waals surface area contributed by atoms with E-state index in [-0.39, 0.29) is 6.61 Å². The van der Waals surface area contributed by atoms with E-state index in [4.69, 9.17) is 9.26 Å².